The molecule has 2 rings (SSSR count). The Bertz CT molecular complexity index is 684. The Labute approximate surface area is 180 Å². The number of hydrogen-bond donors (Lipinski definition) is 2. The number of carbonyl (C=O) groups is 2. The second-order valence-electron chi connectivity index (χ2n) is 7.28. The summed E-state index contributed by atoms with van der Waals surface area (Å²) < 4.78 is 5.06. The molecule has 0 spiro atoms. The van der Waals surface area contributed by atoms with Crippen LogP contribution in [0.4, 0.5) is 0 Å². The van der Waals surface area contributed by atoms with Crippen molar-refractivity contribution >= 4 is 11.8 Å². The van der Waals surface area contributed by atoms with Crippen LogP contribution in [0, 0.1) is 0 Å². The first-order valence-corrected chi connectivity index (χ1v) is 10.9. The van der Waals surface area contributed by atoms with Gasteiger partial charge in [-0.2, -0.15) is 0 Å². The van der Waals surface area contributed by atoms with Crippen LogP contribution in [-0.2, 0) is 14.3 Å². The van der Waals surface area contributed by atoms with Gasteiger partial charge in [-0.15, -0.1) is 0 Å². The molecule has 0 aromatic heterocycles. The van der Waals surface area contributed by atoms with E-state index < -0.39 is 0 Å². The predicted molar refractivity (Wildman–Crippen MR) is 120 cm³/mol. The van der Waals surface area contributed by atoms with E-state index in [0.29, 0.717) is 39.0 Å². The number of hydrogen-bond acceptors (Lipinski definition) is 5. The summed E-state index contributed by atoms with van der Waals surface area (Å²) in [5, 5.41) is 7.13. The van der Waals surface area contributed by atoms with Gasteiger partial charge in [0.05, 0.1) is 25.1 Å². The minimum Gasteiger partial charge on any atom is -0.466 e. The third-order valence-corrected chi connectivity index (χ3v) is 4.95. The highest BCUT2D eigenvalue weighted by Crippen LogP contribution is 2.29. The quantitative estimate of drug-likeness (QED) is 0.453. The standard InChI is InChI=1S/C25H34N2O3/c1-3-11-22(28)16-18-26-24(20-12-7-5-8-13-20)25(21-14-9-6-10-15-21)27-19-17-23(29)30-4-2/h5-10,12-15,24-27H,3-4,11,16-19H2,1-2H3/t24-,25?/m0/s1. The van der Waals surface area contributed by atoms with Crippen molar-refractivity contribution in [3.8, 4) is 0 Å². The number of ether oxygens (including phenoxy) is 1. The topological polar surface area (TPSA) is 67.4 Å². The van der Waals surface area contributed by atoms with E-state index in [1.165, 1.54) is 0 Å². The maximum atomic E-state index is 12.0. The molecule has 0 saturated carbocycles. The summed E-state index contributed by atoms with van der Waals surface area (Å²) in [5.41, 5.74) is 2.26. The largest absolute Gasteiger partial charge is 0.466 e. The highest BCUT2D eigenvalue weighted by atomic mass is 16.5. The Morgan fingerprint density at radius 1 is 0.767 bits per heavy atom. The van der Waals surface area contributed by atoms with Gasteiger partial charge in [0.2, 0.25) is 0 Å². The molecule has 0 saturated heterocycles. The van der Waals surface area contributed by atoms with Crippen LogP contribution in [0.1, 0.15) is 62.7 Å². The number of nitrogens with one attached hydrogen (secondary N) is 2. The fourth-order valence-corrected chi connectivity index (χ4v) is 3.51. The molecule has 162 valence electrons. The normalized spacial score (nSPS) is 12.9. The van der Waals surface area contributed by atoms with Crippen LogP contribution in [0.25, 0.3) is 0 Å². The maximum Gasteiger partial charge on any atom is 0.307 e. The molecule has 0 aliphatic rings. The summed E-state index contributed by atoms with van der Waals surface area (Å²) in [4.78, 5) is 23.8. The summed E-state index contributed by atoms with van der Waals surface area (Å²) >= 11 is 0. The van der Waals surface area contributed by atoms with Gasteiger partial charge in [-0.3, -0.25) is 9.59 Å². The van der Waals surface area contributed by atoms with Gasteiger partial charge in [0.1, 0.15) is 5.78 Å². The van der Waals surface area contributed by atoms with Crippen LogP contribution in [-0.4, -0.2) is 31.4 Å². The molecular formula is C25H34N2O3. The predicted octanol–water partition coefficient (Wildman–Crippen LogP) is 4.36. The first-order valence-electron chi connectivity index (χ1n) is 10.9. The van der Waals surface area contributed by atoms with Crippen molar-refractivity contribution < 1.29 is 14.3 Å². The third kappa shape index (κ3) is 8.09. The molecule has 0 aliphatic carbocycles. The van der Waals surface area contributed by atoms with E-state index in [-0.39, 0.29) is 23.8 Å². The molecule has 0 amide bonds. The zero-order valence-electron chi connectivity index (χ0n) is 18.1. The van der Waals surface area contributed by atoms with Gasteiger partial charge in [0.15, 0.2) is 0 Å². The zero-order chi connectivity index (χ0) is 21.6. The summed E-state index contributed by atoms with van der Waals surface area (Å²) in [7, 11) is 0. The fourth-order valence-electron chi connectivity index (χ4n) is 3.51. The van der Waals surface area contributed by atoms with E-state index in [1.807, 2.05) is 50.2 Å². The molecule has 5 nitrogen and oxygen atoms in total. The Balaban J connectivity index is 2.18. The number of carbonyl (C=O) groups excluding carboxylic acids is 2. The number of ketones is 1. The number of rotatable bonds is 14. The molecule has 0 radical (unpaired) electrons. The Morgan fingerprint density at radius 2 is 1.27 bits per heavy atom. The van der Waals surface area contributed by atoms with Crippen molar-refractivity contribution in [2.75, 3.05) is 19.7 Å². The number of esters is 1. The SMILES string of the molecule is CCCC(=O)CCN[C@@H](c1ccccc1)C(NCCC(=O)OCC)c1ccccc1. The molecule has 1 unspecified atom stereocenters. The van der Waals surface area contributed by atoms with Crippen LogP contribution in [0.15, 0.2) is 60.7 Å². The Kier molecular flexibility index (Phi) is 10.8. The maximum absolute atomic E-state index is 12.0. The Morgan fingerprint density at radius 3 is 1.73 bits per heavy atom. The summed E-state index contributed by atoms with van der Waals surface area (Å²) in [5.74, 6) is 0.0783. The van der Waals surface area contributed by atoms with Gasteiger partial charge >= 0.3 is 5.97 Å². The van der Waals surface area contributed by atoms with Gasteiger partial charge in [0.25, 0.3) is 0 Å². The monoisotopic (exact) mass is 410 g/mol. The van der Waals surface area contributed by atoms with Crippen molar-refractivity contribution in [3.63, 3.8) is 0 Å². The van der Waals surface area contributed by atoms with E-state index in [1.54, 1.807) is 0 Å². The van der Waals surface area contributed by atoms with E-state index in [4.69, 9.17) is 4.74 Å². The molecular weight excluding hydrogens is 376 g/mol. The molecule has 30 heavy (non-hydrogen) atoms. The molecule has 2 aromatic rings. The molecule has 2 atom stereocenters. The van der Waals surface area contributed by atoms with Crippen molar-refractivity contribution in [2.24, 2.45) is 0 Å². The van der Waals surface area contributed by atoms with Crippen LogP contribution >= 0.6 is 0 Å². The molecule has 5 heteroatoms. The van der Waals surface area contributed by atoms with Crippen LogP contribution in [0.5, 0.6) is 0 Å². The lowest BCUT2D eigenvalue weighted by Crippen LogP contribution is -2.37. The summed E-state index contributed by atoms with van der Waals surface area (Å²) in [6.45, 7) is 5.35. The van der Waals surface area contributed by atoms with E-state index in [0.717, 1.165) is 17.5 Å². The fraction of sp³-hybridized carbons (Fsp3) is 0.440. The lowest BCUT2D eigenvalue weighted by atomic mass is 9.93. The molecule has 0 heterocycles. The van der Waals surface area contributed by atoms with Gasteiger partial charge in [-0.1, -0.05) is 67.6 Å². The Hall–Kier alpha value is -2.50. The second kappa shape index (κ2) is 13.7. The second-order valence-corrected chi connectivity index (χ2v) is 7.28. The van der Waals surface area contributed by atoms with E-state index >= 15 is 0 Å². The summed E-state index contributed by atoms with van der Waals surface area (Å²) in [6, 6.07) is 20.3. The minimum atomic E-state index is -0.203. The first kappa shape index (κ1) is 23.8. The smallest absolute Gasteiger partial charge is 0.307 e. The molecule has 0 bridgehead atoms. The molecule has 0 fully saturated rings. The van der Waals surface area contributed by atoms with Gasteiger partial charge < -0.3 is 15.4 Å². The number of Topliss-reactive ketones (excluding diaryl/α,β-unsaturated/α-hetero) is 1. The van der Waals surface area contributed by atoms with Crippen LogP contribution < -0.4 is 10.6 Å². The van der Waals surface area contributed by atoms with Crippen LogP contribution in [0.3, 0.4) is 0 Å². The third-order valence-electron chi connectivity index (χ3n) is 4.95. The highest BCUT2D eigenvalue weighted by Gasteiger charge is 2.24. The highest BCUT2D eigenvalue weighted by molar-refractivity contribution is 5.78. The van der Waals surface area contributed by atoms with Gasteiger partial charge in [0, 0.05) is 25.9 Å². The van der Waals surface area contributed by atoms with Gasteiger partial charge in [-0.25, -0.2) is 0 Å². The first-order chi connectivity index (χ1) is 14.7. The van der Waals surface area contributed by atoms with E-state index in [9.17, 15) is 9.59 Å². The average molecular weight is 411 g/mol. The lowest BCUT2D eigenvalue weighted by molar-refractivity contribution is -0.143. The summed E-state index contributed by atoms with van der Waals surface area (Å²) in [6.07, 6.45) is 2.33. The van der Waals surface area contributed by atoms with Gasteiger partial charge in [-0.05, 0) is 24.5 Å². The van der Waals surface area contributed by atoms with Crippen molar-refractivity contribution in [2.45, 2.75) is 51.6 Å². The van der Waals surface area contributed by atoms with Crippen molar-refractivity contribution in [1.29, 1.82) is 0 Å². The van der Waals surface area contributed by atoms with E-state index in [2.05, 4.69) is 34.9 Å². The van der Waals surface area contributed by atoms with Crippen molar-refractivity contribution in [3.05, 3.63) is 71.8 Å². The average Bonchev–Trinajstić information content (AvgIpc) is 2.76. The molecule has 2 aromatic carbocycles. The van der Waals surface area contributed by atoms with Crippen molar-refractivity contribution in [1.82, 2.24) is 10.6 Å². The number of benzene rings is 2. The zero-order valence-corrected chi connectivity index (χ0v) is 18.1. The lowest BCUT2D eigenvalue weighted by Gasteiger charge is -2.30. The minimum absolute atomic E-state index is 0.0368. The van der Waals surface area contributed by atoms with Crippen LogP contribution in [0.2, 0.25) is 0 Å². The molecule has 0 aliphatic heterocycles. The molecule has 2 N–H and O–H groups in total.